The van der Waals surface area contributed by atoms with E-state index in [0.717, 1.165) is 12.1 Å². The van der Waals surface area contributed by atoms with E-state index in [2.05, 4.69) is 22.5 Å². The van der Waals surface area contributed by atoms with Crippen LogP contribution in [0.25, 0.3) is 0 Å². The zero-order chi connectivity index (χ0) is 18.9. The zero-order valence-corrected chi connectivity index (χ0v) is 16.1. The van der Waals surface area contributed by atoms with Crippen LogP contribution in [0.4, 0.5) is 10.5 Å². The van der Waals surface area contributed by atoms with Crippen LogP contribution in [0.15, 0.2) is 18.3 Å². The fourth-order valence-electron chi connectivity index (χ4n) is 2.22. The number of nitrogens with one attached hydrogen (secondary N) is 2. The molecule has 2 N–H and O–H groups in total. The monoisotopic (exact) mass is 353 g/mol. The molecule has 7 heteroatoms. The first-order valence-corrected chi connectivity index (χ1v) is 8.53. The van der Waals surface area contributed by atoms with Crippen LogP contribution in [0.3, 0.4) is 0 Å². The average Bonchev–Trinajstić information content (AvgIpc) is 2.46. The normalized spacial score (nSPS) is 13.7. The second kappa shape index (κ2) is 10.1. The summed E-state index contributed by atoms with van der Waals surface area (Å²) in [5, 5.41) is 6.20. The maximum Gasteiger partial charge on any atom is 0.407 e. The number of carbonyl (C=O) groups is 1. The minimum absolute atomic E-state index is 0.0121. The van der Waals surface area contributed by atoms with Gasteiger partial charge < -0.3 is 24.8 Å². The lowest BCUT2D eigenvalue weighted by Gasteiger charge is -2.24. The van der Waals surface area contributed by atoms with Gasteiger partial charge in [-0.2, -0.15) is 0 Å². The van der Waals surface area contributed by atoms with Crippen LogP contribution in [0.1, 0.15) is 41.0 Å². The second-order valence-corrected chi connectivity index (χ2v) is 7.05. The minimum atomic E-state index is -0.494. The Bertz CT molecular complexity index is 514. The van der Waals surface area contributed by atoms with E-state index in [-0.39, 0.29) is 12.1 Å². The summed E-state index contributed by atoms with van der Waals surface area (Å²) in [6, 6.07) is 3.87. The van der Waals surface area contributed by atoms with Crippen LogP contribution < -0.4 is 15.4 Å². The van der Waals surface area contributed by atoms with Crippen molar-refractivity contribution >= 4 is 11.8 Å². The molecule has 25 heavy (non-hydrogen) atoms. The summed E-state index contributed by atoms with van der Waals surface area (Å²) in [4.78, 5) is 16.0. The van der Waals surface area contributed by atoms with Gasteiger partial charge in [0.1, 0.15) is 12.2 Å². The summed E-state index contributed by atoms with van der Waals surface area (Å²) >= 11 is 0. The molecule has 7 nitrogen and oxygen atoms in total. The number of alkyl carbamates (subject to hydrolysis) is 1. The lowest BCUT2D eigenvalue weighted by Crippen LogP contribution is -2.39. The lowest BCUT2D eigenvalue weighted by atomic mass is 10.1. The van der Waals surface area contributed by atoms with Crippen LogP contribution in [0.5, 0.6) is 5.88 Å². The summed E-state index contributed by atoms with van der Waals surface area (Å²) in [5.41, 5.74) is 0.405. The Morgan fingerprint density at radius 1 is 1.20 bits per heavy atom. The molecule has 0 aliphatic rings. The fourth-order valence-corrected chi connectivity index (χ4v) is 2.22. The Morgan fingerprint density at radius 2 is 1.92 bits per heavy atom. The third-order valence-corrected chi connectivity index (χ3v) is 3.16. The van der Waals surface area contributed by atoms with E-state index < -0.39 is 11.7 Å². The number of hydrogen-bond acceptors (Lipinski definition) is 6. The number of pyridine rings is 1. The molecule has 0 unspecified atom stereocenters. The highest BCUT2D eigenvalue weighted by atomic mass is 16.6. The second-order valence-electron chi connectivity index (χ2n) is 7.05. The summed E-state index contributed by atoms with van der Waals surface area (Å²) in [6.45, 7) is 10.5. The van der Waals surface area contributed by atoms with Gasteiger partial charge in [0.05, 0.1) is 18.5 Å². The van der Waals surface area contributed by atoms with Gasteiger partial charge in [-0.05, 0) is 47.1 Å². The Hall–Kier alpha value is -2.02. The van der Waals surface area contributed by atoms with E-state index in [1.54, 1.807) is 13.3 Å². The molecule has 0 bridgehead atoms. The smallest absolute Gasteiger partial charge is 0.407 e. The number of amides is 1. The summed E-state index contributed by atoms with van der Waals surface area (Å²) < 4.78 is 15.6. The lowest BCUT2D eigenvalue weighted by molar-refractivity contribution is 0.0506. The molecule has 142 valence electrons. The third-order valence-electron chi connectivity index (χ3n) is 3.16. The van der Waals surface area contributed by atoms with E-state index >= 15 is 0 Å². The van der Waals surface area contributed by atoms with Gasteiger partial charge >= 0.3 is 6.09 Å². The standard InChI is InChI=1S/C18H31N3O4/c1-13(11-14(2)21-17(22)25-18(3,4)5)20-15-7-8-16(19-12-15)24-10-9-23-6/h7-8,12-14,20H,9-11H2,1-6H3,(H,21,22)/t13-,14-/m0/s1. The van der Waals surface area contributed by atoms with E-state index in [4.69, 9.17) is 14.2 Å². The first-order chi connectivity index (χ1) is 11.7. The summed E-state index contributed by atoms with van der Waals surface area (Å²) in [7, 11) is 1.63. The molecule has 1 heterocycles. The van der Waals surface area contributed by atoms with Crippen LogP contribution >= 0.6 is 0 Å². The van der Waals surface area contributed by atoms with Crippen LogP contribution in [-0.4, -0.2) is 49.1 Å². The molecular formula is C18H31N3O4. The number of aromatic nitrogens is 1. The first-order valence-electron chi connectivity index (χ1n) is 8.53. The molecule has 1 amide bonds. The zero-order valence-electron chi connectivity index (χ0n) is 16.1. The molecule has 0 radical (unpaired) electrons. The van der Waals surface area contributed by atoms with Crippen molar-refractivity contribution in [2.75, 3.05) is 25.6 Å². The summed E-state index contributed by atoms with van der Waals surface area (Å²) in [5.74, 6) is 0.565. The number of nitrogens with zero attached hydrogens (tertiary/aromatic N) is 1. The summed E-state index contributed by atoms with van der Waals surface area (Å²) in [6.07, 6.45) is 2.09. The Labute approximate surface area is 150 Å². The maximum absolute atomic E-state index is 11.8. The van der Waals surface area contributed by atoms with Crippen LogP contribution in [0.2, 0.25) is 0 Å². The van der Waals surface area contributed by atoms with Crippen molar-refractivity contribution in [2.24, 2.45) is 0 Å². The van der Waals surface area contributed by atoms with Gasteiger partial charge in [-0.25, -0.2) is 9.78 Å². The van der Waals surface area contributed by atoms with Gasteiger partial charge in [0.2, 0.25) is 5.88 Å². The number of carbonyl (C=O) groups excluding carboxylic acids is 1. The van der Waals surface area contributed by atoms with Crippen LogP contribution in [0, 0.1) is 0 Å². The SMILES string of the molecule is COCCOc1ccc(N[C@@H](C)C[C@H](C)NC(=O)OC(C)(C)C)cn1. The van der Waals surface area contributed by atoms with Gasteiger partial charge in [-0.3, -0.25) is 0 Å². The highest BCUT2D eigenvalue weighted by Crippen LogP contribution is 2.14. The Balaban J connectivity index is 2.37. The van der Waals surface area contributed by atoms with Gasteiger partial charge in [0.25, 0.3) is 0 Å². The first kappa shape index (κ1) is 21.0. The van der Waals surface area contributed by atoms with Gasteiger partial charge in [0, 0.05) is 25.3 Å². The highest BCUT2D eigenvalue weighted by molar-refractivity contribution is 5.68. The van der Waals surface area contributed by atoms with E-state index in [0.29, 0.717) is 19.1 Å². The molecule has 0 aromatic carbocycles. The quantitative estimate of drug-likeness (QED) is 0.664. The Kier molecular flexibility index (Phi) is 8.48. The number of anilines is 1. The number of methoxy groups -OCH3 is 1. The molecule has 0 spiro atoms. The predicted octanol–water partition coefficient (Wildman–Crippen LogP) is 3.21. The van der Waals surface area contributed by atoms with E-state index in [9.17, 15) is 4.79 Å². The molecule has 1 aromatic heterocycles. The molecule has 0 aliphatic carbocycles. The van der Waals surface area contributed by atoms with Crippen molar-refractivity contribution in [2.45, 2.75) is 58.7 Å². The van der Waals surface area contributed by atoms with Crippen LogP contribution in [-0.2, 0) is 9.47 Å². The fraction of sp³-hybridized carbons (Fsp3) is 0.667. The average molecular weight is 353 g/mol. The van der Waals surface area contributed by atoms with E-state index in [1.165, 1.54) is 0 Å². The van der Waals surface area contributed by atoms with Crippen molar-refractivity contribution in [3.05, 3.63) is 18.3 Å². The molecule has 0 saturated heterocycles. The van der Waals surface area contributed by atoms with E-state index in [1.807, 2.05) is 39.8 Å². The molecule has 2 atom stereocenters. The number of rotatable bonds is 9. The minimum Gasteiger partial charge on any atom is -0.475 e. The largest absolute Gasteiger partial charge is 0.475 e. The molecule has 1 aromatic rings. The molecular weight excluding hydrogens is 322 g/mol. The molecule has 0 saturated carbocycles. The van der Waals surface area contributed by atoms with Crippen molar-refractivity contribution in [3.63, 3.8) is 0 Å². The number of ether oxygens (including phenoxy) is 3. The van der Waals surface area contributed by atoms with Crippen molar-refractivity contribution in [3.8, 4) is 5.88 Å². The Morgan fingerprint density at radius 3 is 2.48 bits per heavy atom. The van der Waals surface area contributed by atoms with Gasteiger partial charge in [0.15, 0.2) is 0 Å². The molecule has 0 fully saturated rings. The van der Waals surface area contributed by atoms with Gasteiger partial charge in [-0.1, -0.05) is 0 Å². The molecule has 0 aliphatic heterocycles. The highest BCUT2D eigenvalue weighted by Gasteiger charge is 2.18. The third kappa shape index (κ3) is 9.76. The van der Waals surface area contributed by atoms with Crippen molar-refractivity contribution < 1.29 is 19.0 Å². The van der Waals surface area contributed by atoms with Crippen molar-refractivity contribution in [1.29, 1.82) is 0 Å². The molecule has 1 rings (SSSR count). The topological polar surface area (TPSA) is 81.7 Å². The van der Waals surface area contributed by atoms with Gasteiger partial charge in [-0.15, -0.1) is 0 Å². The van der Waals surface area contributed by atoms with Crippen molar-refractivity contribution in [1.82, 2.24) is 10.3 Å². The number of hydrogen-bond donors (Lipinski definition) is 2. The predicted molar refractivity (Wildman–Crippen MR) is 98.1 cm³/mol. The maximum atomic E-state index is 11.8.